The van der Waals surface area contributed by atoms with Gasteiger partial charge in [-0.2, -0.15) is 0 Å². The van der Waals surface area contributed by atoms with E-state index in [0.717, 1.165) is 17.2 Å². The molecular formula is C15H17NO2S. The van der Waals surface area contributed by atoms with Gasteiger partial charge < -0.3 is 4.74 Å². The fraction of sp³-hybridized carbons (Fsp3) is 0.333. The summed E-state index contributed by atoms with van der Waals surface area (Å²) in [6, 6.07) is 6.07. The van der Waals surface area contributed by atoms with Crippen LogP contribution in [0, 0.1) is 13.8 Å². The zero-order valence-corrected chi connectivity index (χ0v) is 12.2. The summed E-state index contributed by atoms with van der Waals surface area (Å²) in [5.41, 5.74) is 3.04. The molecule has 0 saturated heterocycles. The number of thiazole rings is 1. The van der Waals surface area contributed by atoms with Crippen molar-refractivity contribution < 1.29 is 9.53 Å². The van der Waals surface area contributed by atoms with Gasteiger partial charge in [0.25, 0.3) is 0 Å². The first-order chi connectivity index (χ1) is 9.06. The van der Waals surface area contributed by atoms with Crippen molar-refractivity contribution in [1.29, 1.82) is 0 Å². The molecule has 0 N–H and O–H groups in total. The lowest BCUT2D eigenvalue weighted by Gasteiger charge is -2.07. The monoisotopic (exact) mass is 275 g/mol. The maximum absolute atomic E-state index is 11.1. The molecule has 2 rings (SSSR count). The second-order valence-corrected chi connectivity index (χ2v) is 5.47. The van der Waals surface area contributed by atoms with E-state index in [1.807, 2.05) is 12.1 Å². The van der Waals surface area contributed by atoms with E-state index in [2.05, 4.69) is 24.9 Å². The number of hydrogen-bond acceptors (Lipinski definition) is 4. The van der Waals surface area contributed by atoms with Gasteiger partial charge in [-0.15, -0.1) is 11.3 Å². The van der Waals surface area contributed by atoms with E-state index in [4.69, 9.17) is 4.74 Å². The van der Waals surface area contributed by atoms with Crippen LogP contribution in [0.5, 0.6) is 5.75 Å². The van der Waals surface area contributed by atoms with Crippen molar-refractivity contribution in [2.45, 2.75) is 27.2 Å². The summed E-state index contributed by atoms with van der Waals surface area (Å²) in [5.74, 6) is 0.893. The van der Waals surface area contributed by atoms with Gasteiger partial charge in [0, 0.05) is 18.7 Å². The minimum absolute atomic E-state index is 0.0116. The van der Waals surface area contributed by atoms with E-state index >= 15 is 0 Å². The first-order valence-corrected chi connectivity index (χ1v) is 7.09. The van der Waals surface area contributed by atoms with Crippen molar-refractivity contribution in [2.24, 2.45) is 0 Å². The van der Waals surface area contributed by atoms with Crippen molar-refractivity contribution in [2.75, 3.05) is 6.61 Å². The molecule has 2 aromatic rings. The van der Waals surface area contributed by atoms with Crippen LogP contribution in [-0.4, -0.2) is 17.4 Å². The summed E-state index contributed by atoms with van der Waals surface area (Å²) in [6.07, 6.45) is 0.727. The fourth-order valence-corrected chi connectivity index (χ4v) is 2.47. The third-order valence-electron chi connectivity index (χ3n) is 2.98. The smallest absolute Gasteiger partial charge is 0.178 e. The number of rotatable bonds is 5. The van der Waals surface area contributed by atoms with E-state index in [-0.39, 0.29) is 5.78 Å². The van der Waals surface area contributed by atoms with Gasteiger partial charge in [0.2, 0.25) is 0 Å². The Morgan fingerprint density at radius 1 is 1.32 bits per heavy atom. The molecule has 1 aromatic heterocycles. The highest BCUT2D eigenvalue weighted by molar-refractivity contribution is 7.09. The van der Waals surface area contributed by atoms with Crippen molar-refractivity contribution in [3.8, 4) is 5.75 Å². The summed E-state index contributed by atoms with van der Waals surface area (Å²) in [6.45, 7) is 6.26. The Balaban J connectivity index is 1.88. The van der Waals surface area contributed by atoms with E-state index in [1.54, 1.807) is 5.38 Å². The van der Waals surface area contributed by atoms with Crippen LogP contribution in [0.4, 0.5) is 0 Å². The average molecular weight is 275 g/mol. The minimum atomic E-state index is 0.0116. The number of ether oxygens (including phenoxy) is 1. The molecular weight excluding hydrogens is 258 g/mol. The third kappa shape index (κ3) is 3.64. The predicted molar refractivity (Wildman–Crippen MR) is 77.2 cm³/mol. The molecule has 1 aromatic carbocycles. The van der Waals surface area contributed by atoms with Gasteiger partial charge in [-0.25, -0.2) is 4.98 Å². The summed E-state index contributed by atoms with van der Waals surface area (Å²) in [5, 5.41) is 2.74. The molecule has 0 bridgehead atoms. The SMILES string of the molecule is CC(=O)c1csc(CCOc2ccc(C)c(C)c2)n1. The zero-order chi connectivity index (χ0) is 13.8. The molecule has 0 aliphatic rings. The molecule has 0 spiro atoms. The lowest BCUT2D eigenvalue weighted by atomic mass is 10.1. The Hall–Kier alpha value is -1.68. The Bertz CT molecular complexity index is 590. The Labute approximate surface area is 117 Å². The fourth-order valence-electron chi connectivity index (χ4n) is 1.65. The maximum atomic E-state index is 11.1. The lowest BCUT2D eigenvalue weighted by Crippen LogP contribution is -2.02. The standard InChI is InChI=1S/C15H17NO2S/c1-10-4-5-13(8-11(10)2)18-7-6-15-16-14(9-19-15)12(3)17/h4-5,8-9H,6-7H2,1-3H3. The number of hydrogen-bond donors (Lipinski definition) is 0. The van der Waals surface area contributed by atoms with Gasteiger partial charge in [-0.3, -0.25) is 4.79 Å². The van der Waals surface area contributed by atoms with E-state index < -0.39 is 0 Å². The topological polar surface area (TPSA) is 39.2 Å². The van der Waals surface area contributed by atoms with E-state index in [9.17, 15) is 4.79 Å². The molecule has 1 heterocycles. The highest BCUT2D eigenvalue weighted by Crippen LogP contribution is 2.17. The highest BCUT2D eigenvalue weighted by atomic mass is 32.1. The highest BCUT2D eigenvalue weighted by Gasteiger charge is 2.06. The predicted octanol–water partition coefficient (Wildman–Crippen LogP) is 3.58. The second kappa shape index (κ2) is 5.97. The quantitative estimate of drug-likeness (QED) is 0.783. The molecule has 3 nitrogen and oxygen atoms in total. The first kappa shape index (κ1) is 13.7. The number of benzene rings is 1. The second-order valence-electron chi connectivity index (χ2n) is 4.53. The summed E-state index contributed by atoms with van der Waals surface area (Å²) >= 11 is 1.51. The van der Waals surface area contributed by atoms with Crippen LogP contribution in [-0.2, 0) is 6.42 Å². The van der Waals surface area contributed by atoms with Crippen LogP contribution >= 0.6 is 11.3 Å². The number of carbonyl (C=O) groups excluding carboxylic acids is 1. The number of aromatic nitrogens is 1. The molecule has 0 aliphatic carbocycles. The van der Waals surface area contributed by atoms with Crippen LogP contribution in [0.2, 0.25) is 0 Å². The number of nitrogens with zero attached hydrogens (tertiary/aromatic N) is 1. The van der Waals surface area contributed by atoms with Gasteiger partial charge in [0.15, 0.2) is 5.78 Å². The average Bonchev–Trinajstić information content (AvgIpc) is 2.83. The molecule has 19 heavy (non-hydrogen) atoms. The van der Waals surface area contributed by atoms with Crippen LogP contribution < -0.4 is 4.74 Å². The van der Waals surface area contributed by atoms with Crippen molar-refractivity contribution in [3.63, 3.8) is 0 Å². The van der Waals surface area contributed by atoms with Crippen molar-refractivity contribution in [1.82, 2.24) is 4.98 Å². The van der Waals surface area contributed by atoms with Crippen LogP contribution in [0.1, 0.15) is 33.5 Å². The van der Waals surface area contributed by atoms with E-state index in [1.165, 1.54) is 29.4 Å². The molecule has 0 atom stereocenters. The Morgan fingerprint density at radius 3 is 2.74 bits per heavy atom. The van der Waals surface area contributed by atoms with Gasteiger partial charge in [-0.05, 0) is 37.1 Å². The summed E-state index contributed by atoms with van der Waals surface area (Å²) in [4.78, 5) is 15.4. The number of ketones is 1. The van der Waals surface area contributed by atoms with Gasteiger partial charge in [0.1, 0.15) is 11.4 Å². The number of Topliss-reactive ketones (excluding diaryl/α,β-unsaturated/α-hetero) is 1. The van der Waals surface area contributed by atoms with E-state index in [0.29, 0.717) is 12.3 Å². The first-order valence-electron chi connectivity index (χ1n) is 6.21. The molecule has 4 heteroatoms. The van der Waals surface area contributed by atoms with Crippen LogP contribution in [0.25, 0.3) is 0 Å². The van der Waals surface area contributed by atoms with Gasteiger partial charge in [0.05, 0.1) is 11.6 Å². The van der Waals surface area contributed by atoms with Crippen LogP contribution in [0.15, 0.2) is 23.6 Å². The third-order valence-corrected chi connectivity index (χ3v) is 3.88. The molecule has 0 amide bonds. The van der Waals surface area contributed by atoms with Gasteiger partial charge >= 0.3 is 0 Å². The van der Waals surface area contributed by atoms with Crippen LogP contribution in [0.3, 0.4) is 0 Å². The van der Waals surface area contributed by atoms with Crippen molar-refractivity contribution in [3.05, 3.63) is 45.4 Å². The lowest BCUT2D eigenvalue weighted by molar-refractivity contribution is 0.101. The number of carbonyl (C=O) groups is 1. The van der Waals surface area contributed by atoms with Crippen molar-refractivity contribution >= 4 is 17.1 Å². The summed E-state index contributed by atoms with van der Waals surface area (Å²) < 4.78 is 5.70. The molecule has 0 radical (unpaired) electrons. The molecule has 0 fully saturated rings. The minimum Gasteiger partial charge on any atom is -0.493 e. The number of aryl methyl sites for hydroxylation is 2. The zero-order valence-electron chi connectivity index (χ0n) is 11.4. The Kier molecular flexibility index (Phi) is 4.32. The molecule has 0 saturated carbocycles. The Morgan fingerprint density at radius 2 is 2.11 bits per heavy atom. The maximum Gasteiger partial charge on any atom is 0.178 e. The van der Waals surface area contributed by atoms with Gasteiger partial charge in [-0.1, -0.05) is 6.07 Å². The molecule has 0 aliphatic heterocycles. The largest absolute Gasteiger partial charge is 0.493 e. The molecule has 0 unspecified atom stereocenters. The normalized spacial score (nSPS) is 10.5. The summed E-state index contributed by atoms with van der Waals surface area (Å²) in [7, 11) is 0. The molecule has 100 valence electrons.